The number of anilines is 1. The summed E-state index contributed by atoms with van der Waals surface area (Å²) in [5.41, 5.74) is 5.13. The lowest BCUT2D eigenvalue weighted by molar-refractivity contribution is 1.10. The third-order valence-corrected chi connectivity index (χ3v) is 4.30. The van der Waals surface area contributed by atoms with Gasteiger partial charge in [-0.3, -0.25) is 0 Å². The van der Waals surface area contributed by atoms with Crippen LogP contribution < -0.4 is 5.32 Å². The predicted molar refractivity (Wildman–Crippen MR) is 85.1 cm³/mol. The molecule has 0 radical (unpaired) electrons. The minimum absolute atomic E-state index is 0.836. The first-order valence-corrected chi connectivity index (χ1v) is 7.40. The van der Waals surface area contributed by atoms with E-state index in [-0.39, 0.29) is 0 Å². The highest BCUT2D eigenvalue weighted by molar-refractivity contribution is 9.11. The SMILES string of the molecule is Cc1cccc(CNc2cc(Br)ccc2Br)c1C. The van der Waals surface area contributed by atoms with Gasteiger partial charge in [-0.25, -0.2) is 0 Å². The molecule has 2 aromatic carbocycles. The Morgan fingerprint density at radius 1 is 1.06 bits per heavy atom. The Kier molecular flexibility index (Phi) is 4.46. The first kappa shape index (κ1) is 13.6. The molecular formula is C15H15Br2N. The average molecular weight is 369 g/mol. The molecule has 0 bridgehead atoms. The summed E-state index contributed by atoms with van der Waals surface area (Å²) < 4.78 is 2.16. The van der Waals surface area contributed by atoms with Crippen molar-refractivity contribution >= 4 is 37.5 Å². The quantitative estimate of drug-likeness (QED) is 0.760. The Labute approximate surface area is 125 Å². The van der Waals surface area contributed by atoms with Gasteiger partial charge in [0.05, 0.1) is 0 Å². The molecule has 2 rings (SSSR count). The minimum Gasteiger partial charge on any atom is -0.380 e. The first-order valence-electron chi connectivity index (χ1n) is 5.82. The lowest BCUT2D eigenvalue weighted by atomic mass is 10.0. The van der Waals surface area contributed by atoms with E-state index in [2.05, 4.69) is 75.3 Å². The molecule has 0 atom stereocenters. The number of nitrogens with one attached hydrogen (secondary N) is 1. The van der Waals surface area contributed by atoms with Crippen LogP contribution in [0.25, 0.3) is 0 Å². The zero-order valence-corrected chi connectivity index (χ0v) is 13.6. The third kappa shape index (κ3) is 3.15. The van der Waals surface area contributed by atoms with Gasteiger partial charge < -0.3 is 5.32 Å². The number of benzene rings is 2. The molecule has 3 heteroatoms. The summed E-state index contributed by atoms with van der Waals surface area (Å²) in [6, 6.07) is 12.6. The molecule has 0 aromatic heterocycles. The second-order valence-corrected chi connectivity index (χ2v) is 6.11. The lowest BCUT2D eigenvalue weighted by Crippen LogP contribution is -2.02. The van der Waals surface area contributed by atoms with Crippen LogP contribution in [0.15, 0.2) is 45.3 Å². The number of hydrogen-bond donors (Lipinski definition) is 1. The van der Waals surface area contributed by atoms with Crippen molar-refractivity contribution in [3.8, 4) is 0 Å². The second-order valence-electron chi connectivity index (χ2n) is 4.34. The summed E-state index contributed by atoms with van der Waals surface area (Å²) in [5.74, 6) is 0. The smallest absolute Gasteiger partial charge is 0.0498 e. The van der Waals surface area contributed by atoms with Gasteiger partial charge in [0, 0.05) is 21.2 Å². The van der Waals surface area contributed by atoms with E-state index in [1.54, 1.807) is 0 Å². The fraction of sp³-hybridized carbons (Fsp3) is 0.200. The van der Waals surface area contributed by atoms with Crippen molar-refractivity contribution in [1.29, 1.82) is 0 Å². The lowest BCUT2D eigenvalue weighted by Gasteiger charge is -2.12. The molecule has 0 heterocycles. The van der Waals surface area contributed by atoms with Crippen LogP contribution in [0.2, 0.25) is 0 Å². The van der Waals surface area contributed by atoms with Crippen molar-refractivity contribution < 1.29 is 0 Å². The average Bonchev–Trinajstić information content (AvgIpc) is 2.35. The molecule has 0 unspecified atom stereocenters. The van der Waals surface area contributed by atoms with Crippen LogP contribution in [0.4, 0.5) is 5.69 Å². The fourth-order valence-electron chi connectivity index (χ4n) is 1.83. The van der Waals surface area contributed by atoms with Crippen molar-refractivity contribution in [2.75, 3.05) is 5.32 Å². The topological polar surface area (TPSA) is 12.0 Å². The predicted octanol–water partition coefficient (Wildman–Crippen LogP) is 5.44. The summed E-state index contributed by atoms with van der Waals surface area (Å²) in [6.07, 6.45) is 0. The van der Waals surface area contributed by atoms with Crippen LogP contribution in [0.5, 0.6) is 0 Å². The molecule has 0 fully saturated rings. The highest BCUT2D eigenvalue weighted by Crippen LogP contribution is 2.27. The van der Waals surface area contributed by atoms with Gasteiger partial charge in [-0.2, -0.15) is 0 Å². The number of aryl methyl sites for hydroxylation is 1. The van der Waals surface area contributed by atoms with E-state index in [1.807, 2.05) is 12.1 Å². The van der Waals surface area contributed by atoms with Crippen molar-refractivity contribution in [3.63, 3.8) is 0 Å². The van der Waals surface area contributed by atoms with E-state index in [4.69, 9.17) is 0 Å². The maximum absolute atomic E-state index is 3.55. The molecule has 0 spiro atoms. The standard InChI is InChI=1S/C15H15Br2N/c1-10-4-3-5-12(11(10)2)9-18-15-8-13(16)6-7-14(15)17/h3-8,18H,9H2,1-2H3. The third-order valence-electron chi connectivity index (χ3n) is 3.11. The van der Waals surface area contributed by atoms with Crippen molar-refractivity contribution in [1.82, 2.24) is 0 Å². The first-order chi connectivity index (χ1) is 8.58. The van der Waals surface area contributed by atoms with Gasteiger partial charge in [-0.15, -0.1) is 0 Å². The normalized spacial score (nSPS) is 10.4. The Morgan fingerprint density at radius 2 is 1.83 bits per heavy atom. The fourth-order valence-corrected chi connectivity index (χ4v) is 2.57. The van der Waals surface area contributed by atoms with Gasteiger partial charge in [0.1, 0.15) is 0 Å². The minimum atomic E-state index is 0.836. The van der Waals surface area contributed by atoms with Crippen LogP contribution in [-0.4, -0.2) is 0 Å². The number of halogens is 2. The highest BCUT2D eigenvalue weighted by Gasteiger charge is 2.03. The highest BCUT2D eigenvalue weighted by atomic mass is 79.9. The van der Waals surface area contributed by atoms with Crippen molar-refractivity contribution in [3.05, 3.63) is 62.0 Å². The maximum atomic E-state index is 3.55. The van der Waals surface area contributed by atoms with E-state index in [1.165, 1.54) is 16.7 Å². The molecule has 1 N–H and O–H groups in total. The van der Waals surface area contributed by atoms with E-state index in [0.29, 0.717) is 0 Å². The van der Waals surface area contributed by atoms with Gasteiger partial charge in [0.25, 0.3) is 0 Å². The summed E-state index contributed by atoms with van der Waals surface area (Å²) in [4.78, 5) is 0. The van der Waals surface area contributed by atoms with E-state index >= 15 is 0 Å². The second kappa shape index (κ2) is 5.89. The Bertz CT molecular complexity index is 562. The van der Waals surface area contributed by atoms with E-state index in [0.717, 1.165) is 21.2 Å². The van der Waals surface area contributed by atoms with Crippen LogP contribution in [0, 0.1) is 13.8 Å². The molecule has 0 aliphatic carbocycles. The Balaban J connectivity index is 2.16. The van der Waals surface area contributed by atoms with Crippen LogP contribution in [0.3, 0.4) is 0 Å². The van der Waals surface area contributed by atoms with Gasteiger partial charge in [0.15, 0.2) is 0 Å². The zero-order valence-electron chi connectivity index (χ0n) is 10.4. The molecule has 0 aliphatic heterocycles. The van der Waals surface area contributed by atoms with Crippen LogP contribution in [-0.2, 0) is 6.54 Å². The molecule has 0 amide bonds. The Morgan fingerprint density at radius 3 is 2.61 bits per heavy atom. The maximum Gasteiger partial charge on any atom is 0.0498 e. The van der Waals surface area contributed by atoms with E-state index in [9.17, 15) is 0 Å². The molecule has 0 saturated heterocycles. The van der Waals surface area contributed by atoms with E-state index < -0.39 is 0 Å². The molecule has 0 saturated carbocycles. The van der Waals surface area contributed by atoms with Crippen molar-refractivity contribution in [2.45, 2.75) is 20.4 Å². The zero-order chi connectivity index (χ0) is 13.1. The summed E-state index contributed by atoms with van der Waals surface area (Å²) in [7, 11) is 0. The number of rotatable bonds is 3. The van der Waals surface area contributed by atoms with Gasteiger partial charge in [-0.1, -0.05) is 34.1 Å². The van der Waals surface area contributed by atoms with Gasteiger partial charge >= 0.3 is 0 Å². The summed E-state index contributed by atoms with van der Waals surface area (Å²) in [5, 5.41) is 3.46. The summed E-state index contributed by atoms with van der Waals surface area (Å²) in [6.45, 7) is 5.15. The van der Waals surface area contributed by atoms with Crippen LogP contribution in [0.1, 0.15) is 16.7 Å². The van der Waals surface area contributed by atoms with Crippen LogP contribution >= 0.6 is 31.9 Å². The molecule has 1 nitrogen and oxygen atoms in total. The monoisotopic (exact) mass is 367 g/mol. The molecule has 0 aliphatic rings. The molecule has 94 valence electrons. The van der Waals surface area contributed by atoms with Gasteiger partial charge in [-0.05, 0) is 64.7 Å². The largest absolute Gasteiger partial charge is 0.380 e. The van der Waals surface area contributed by atoms with Gasteiger partial charge in [0.2, 0.25) is 0 Å². The molecule has 18 heavy (non-hydrogen) atoms. The molecule has 2 aromatic rings. The molecular weight excluding hydrogens is 354 g/mol. The number of hydrogen-bond acceptors (Lipinski definition) is 1. The summed E-state index contributed by atoms with van der Waals surface area (Å²) >= 11 is 7.04. The van der Waals surface area contributed by atoms with Crippen molar-refractivity contribution in [2.24, 2.45) is 0 Å². The Hall–Kier alpha value is -0.800.